The van der Waals surface area contributed by atoms with E-state index in [1.807, 2.05) is 0 Å². The van der Waals surface area contributed by atoms with Gasteiger partial charge in [0.1, 0.15) is 0 Å². The van der Waals surface area contributed by atoms with Crippen molar-refractivity contribution in [1.29, 1.82) is 0 Å². The second-order valence-corrected chi connectivity index (χ2v) is 5.86. The van der Waals surface area contributed by atoms with E-state index in [4.69, 9.17) is 16.0 Å². The lowest BCUT2D eigenvalue weighted by Gasteiger charge is -2.10. The van der Waals surface area contributed by atoms with Gasteiger partial charge in [-0.2, -0.15) is 0 Å². The summed E-state index contributed by atoms with van der Waals surface area (Å²) in [5.41, 5.74) is 1.92. The molecule has 6 nitrogen and oxygen atoms in total. The number of carbonyl (C=O) groups is 2. The van der Waals surface area contributed by atoms with Crippen LogP contribution in [0.4, 0.5) is 17.1 Å². The molecular formula is C19H16ClN3O3. The lowest BCUT2D eigenvalue weighted by Crippen LogP contribution is -2.21. The molecule has 0 aliphatic rings. The highest BCUT2D eigenvalue weighted by Gasteiger charge is 2.09. The summed E-state index contributed by atoms with van der Waals surface area (Å²) in [5, 5.41) is 9.04. The Morgan fingerprint density at radius 1 is 0.885 bits per heavy atom. The second kappa shape index (κ2) is 8.22. The molecule has 0 radical (unpaired) electrons. The molecule has 3 N–H and O–H groups in total. The zero-order valence-electron chi connectivity index (χ0n) is 13.7. The topological polar surface area (TPSA) is 83.4 Å². The van der Waals surface area contributed by atoms with Gasteiger partial charge in [-0.15, -0.1) is 0 Å². The Morgan fingerprint density at radius 2 is 1.62 bits per heavy atom. The van der Waals surface area contributed by atoms with E-state index in [1.54, 1.807) is 60.7 Å². The molecule has 0 atom stereocenters. The fraction of sp³-hybridized carbons (Fsp3) is 0.0526. The van der Waals surface area contributed by atoms with Crippen molar-refractivity contribution in [3.8, 4) is 0 Å². The Morgan fingerprint density at radius 3 is 2.35 bits per heavy atom. The van der Waals surface area contributed by atoms with E-state index in [0.29, 0.717) is 22.1 Å². The van der Waals surface area contributed by atoms with Gasteiger partial charge in [-0.3, -0.25) is 9.59 Å². The van der Waals surface area contributed by atoms with Crippen LogP contribution in [0.15, 0.2) is 71.3 Å². The molecule has 7 heteroatoms. The van der Waals surface area contributed by atoms with Crippen LogP contribution < -0.4 is 16.0 Å². The summed E-state index contributed by atoms with van der Waals surface area (Å²) in [5.74, 6) is -0.326. The number of hydrogen-bond donors (Lipinski definition) is 3. The molecule has 1 heterocycles. The second-order valence-electron chi connectivity index (χ2n) is 5.42. The van der Waals surface area contributed by atoms with Crippen LogP contribution in [-0.4, -0.2) is 18.4 Å². The minimum atomic E-state index is -0.342. The van der Waals surface area contributed by atoms with E-state index in [0.717, 1.165) is 0 Å². The third-order valence-electron chi connectivity index (χ3n) is 3.43. The molecule has 0 aliphatic heterocycles. The summed E-state index contributed by atoms with van der Waals surface area (Å²) in [6, 6.07) is 17.2. The summed E-state index contributed by atoms with van der Waals surface area (Å²) in [6.07, 6.45) is 1.44. The Hall–Kier alpha value is -3.25. The quantitative estimate of drug-likeness (QED) is 0.607. The van der Waals surface area contributed by atoms with Crippen molar-refractivity contribution in [3.63, 3.8) is 0 Å². The summed E-state index contributed by atoms with van der Waals surface area (Å²) in [4.78, 5) is 24.0. The van der Waals surface area contributed by atoms with Crippen LogP contribution in [0.1, 0.15) is 10.6 Å². The maximum absolute atomic E-state index is 12.0. The number of benzene rings is 2. The molecule has 0 bridgehead atoms. The first-order valence-electron chi connectivity index (χ1n) is 7.84. The summed E-state index contributed by atoms with van der Waals surface area (Å²) in [7, 11) is 0. The largest absolute Gasteiger partial charge is 0.459 e. The molecular weight excluding hydrogens is 354 g/mol. The van der Waals surface area contributed by atoms with Gasteiger partial charge in [0.25, 0.3) is 5.91 Å². The number of halogens is 1. The molecule has 0 unspecified atom stereocenters. The van der Waals surface area contributed by atoms with Gasteiger partial charge in [-0.1, -0.05) is 23.7 Å². The van der Waals surface area contributed by atoms with Gasteiger partial charge in [0.15, 0.2) is 5.76 Å². The molecule has 0 spiro atoms. The van der Waals surface area contributed by atoms with Crippen molar-refractivity contribution in [3.05, 3.63) is 77.7 Å². The fourth-order valence-electron chi connectivity index (χ4n) is 2.26. The first-order valence-corrected chi connectivity index (χ1v) is 8.22. The monoisotopic (exact) mass is 369 g/mol. The van der Waals surface area contributed by atoms with Gasteiger partial charge in [0.05, 0.1) is 12.8 Å². The highest BCUT2D eigenvalue weighted by atomic mass is 35.5. The van der Waals surface area contributed by atoms with Gasteiger partial charge in [-0.05, 0) is 48.5 Å². The van der Waals surface area contributed by atoms with Gasteiger partial charge >= 0.3 is 0 Å². The lowest BCUT2D eigenvalue weighted by molar-refractivity contribution is -0.114. The van der Waals surface area contributed by atoms with Crippen LogP contribution in [0, 0.1) is 0 Å². The Labute approximate surface area is 155 Å². The number of anilines is 3. The van der Waals surface area contributed by atoms with Crippen LogP contribution >= 0.6 is 11.6 Å². The molecule has 3 rings (SSSR count). The van der Waals surface area contributed by atoms with E-state index < -0.39 is 0 Å². The zero-order chi connectivity index (χ0) is 18.4. The highest BCUT2D eigenvalue weighted by Crippen LogP contribution is 2.17. The predicted molar refractivity (Wildman–Crippen MR) is 102 cm³/mol. The van der Waals surface area contributed by atoms with Crippen molar-refractivity contribution in [1.82, 2.24) is 0 Å². The Kier molecular flexibility index (Phi) is 5.56. The normalized spacial score (nSPS) is 10.2. The molecule has 0 aliphatic carbocycles. The van der Waals surface area contributed by atoms with E-state index in [1.165, 1.54) is 6.26 Å². The van der Waals surface area contributed by atoms with E-state index >= 15 is 0 Å². The average molecular weight is 370 g/mol. The molecule has 2 aromatic carbocycles. The summed E-state index contributed by atoms with van der Waals surface area (Å²) in [6.45, 7) is 0.0715. The lowest BCUT2D eigenvalue weighted by atomic mass is 10.2. The van der Waals surface area contributed by atoms with Crippen LogP contribution in [0.2, 0.25) is 5.02 Å². The Balaban J connectivity index is 1.55. The summed E-state index contributed by atoms with van der Waals surface area (Å²) < 4.78 is 5.05. The van der Waals surface area contributed by atoms with Crippen molar-refractivity contribution in [2.24, 2.45) is 0 Å². The average Bonchev–Trinajstić information content (AvgIpc) is 3.15. The maximum Gasteiger partial charge on any atom is 0.291 e. The number of furan rings is 1. The molecule has 2 amide bonds. The van der Waals surface area contributed by atoms with Crippen molar-refractivity contribution >= 4 is 40.5 Å². The third-order valence-corrected chi connectivity index (χ3v) is 3.66. The number of nitrogens with one attached hydrogen (secondary N) is 3. The van der Waals surface area contributed by atoms with Crippen molar-refractivity contribution < 1.29 is 14.0 Å². The van der Waals surface area contributed by atoms with Gasteiger partial charge in [0.2, 0.25) is 5.91 Å². The molecule has 3 aromatic rings. The number of amides is 2. The smallest absolute Gasteiger partial charge is 0.291 e. The first-order chi connectivity index (χ1) is 12.6. The zero-order valence-corrected chi connectivity index (χ0v) is 14.4. The highest BCUT2D eigenvalue weighted by molar-refractivity contribution is 6.30. The fourth-order valence-corrected chi connectivity index (χ4v) is 2.45. The molecule has 1 aromatic heterocycles. The minimum Gasteiger partial charge on any atom is -0.459 e. The molecule has 0 fully saturated rings. The third kappa shape index (κ3) is 4.87. The van der Waals surface area contributed by atoms with Gasteiger partial charge in [0, 0.05) is 22.1 Å². The summed E-state index contributed by atoms with van der Waals surface area (Å²) >= 11 is 5.89. The Bertz CT molecular complexity index is 910. The van der Waals surface area contributed by atoms with E-state index in [-0.39, 0.29) is 24.1 Å². The van der Waals surface area contributed by atoms with Gasteiger partial charge < -0.3 is 20.4 Å². The molecule has 0 saturated heterocycles. The standard InChI is InChI=1S/C19H16ClN3O3/c20-13-4-1-6-15(10-13)22-18(24)12-21-14-5-2-7-16(11-14)23-19(25)17-8-3-9-26-17/h1-11,21H,12H2,(H,22,24)(H,23,25). The first kappa shape index (κ1) is 17.6. The molecule has 0 saturated carbocycles. The van der Waals surface area contributed by atoms with Crippen molar-refractivity contribution in [2.45, 2.75) is 0 Å². The number of rotatable bonds is 6. The molecule has 132 valence electrons. The van der Waals surface area contributed by atoms with E-state index in [2.05, 4.69) is 16.0 Å². The van der Waals surface area contributed by atoms with Crippen molar-refractivity contribution in [2.75, 3.05) is 22.5 Å². The SMILES string of the molecule is O=C(CNc1cccc(NC(=O)c2ccco2)c1)Nc1cccc(Cl)c1. The van der Waals surface area contributed by atoms with Crippen LogP contribution in [0.25, 0.3) is 0 Å². The van der Waals surface area contributed by atoms with Crippen LogP contribution in [-0.2, 0) is 4.79 Å². The minimum absolute atomic E-state index is 0.0715. The van der Waals surface area contributed by atoms with Gasteiger partial charge in [-0.25, -0.2) is 0 Å². The number of hydrogen-bond acceptors (Lipinski definition) is 4. The van der Waals surface area contributed by atoms with Crippen LogP contribution in [0.3, 0.4) is 0 Å². The predicted octanol–water partition coefficient (Wildman–Crippen LogP) is 4.24. The van der Waals surface area contributed by atoms with Crippen LogP contribution in [0.5, 0.6) is 0 Å². The van der Waals surface area contributed by atoms with E-state index in [9.17, 15) is 9.59 Å². The molecule has 26 heavy (non-hydrogen) atoms. The number of carbonyl (C=O) groups excluding carboxylic acids is 2. The maximum atomic E-state index is 12.0.